The summed E-state index contributed by atoms with van der Waals surface area (Å²) in [5.41, 5.74) is 0.778. The monoisotopic (exact) mass is 217 g/mol. The van der Waals surface area contributed by atoms with Crippen LogP contribution in [0.4, 0.5) is 0 Å². The number of aromatic nitrogens is 1. The van der Waals surface area contributed by atoms with Crippen molar-refractivity contribution >= 4 is 0 Å². The lowest BCUT2D eigenvalue weighted by Gasteiger charge is -2.24. The normalized spacial score (nSPS) is 14.8. The summed E-state index contributed by atoms with van der Waals surface area (Å²) in [7, 11) is 0. The van der Waals surface area contributed by atoms with E-state index in [1.54, 1.807) is 12.4 Å². The zero-order valence-corrected chi connectivity index (χ0v) is 9.15. The topological polar surface area (TPSA) is 42.4 Å². The fraction of sp³-hybridized carbons (Fsp3) is 0.462. The maximum Gasteiger partial charge on any atom is 0.138 e. The molecule has 84 valence electrons. The number of nitrogens with zero attached hydrogens (tertiary/aromatic N) is 1. The predicted molar refractivity (Wildman–Crippen MR) is 61.0 cm³/mol. The molecule has 0 bridgehead atoms. The summed E-state index contributed by atoms with van der Waals surface area (Å²) in [6, 6.07) is 1.86. The van der Waals surface area contributed by atoms with E-state index in [0.29, 0.717) is 5.92 Å². The lowest BCUT2D eigenvalue weighted by Crippen LogP contribution is -2.19. The summed E-state index contributed by atoms with van der Waals surface area (Å²) in [4.78, 5) is 4.05. The van der Waals surface area contributed by atoms with Crippen LogP contribution >= 0.6 is 0 Å². The van der Waals surface area contributed by atoms with Crippen molar-refractivity contribution in [2.45, 2.75) is 19.3 Å². The van der Waals surface area contributed by atoms with E-state index < -0.39 is 0 Å². The highest BCUT2D eigenvalue weighted by molar-refractivity contribution is 5.36. The van der Waals surface area contributed by atoms with Gasteiger partial charge in [0.25, 0.3) is 0 Å². The van der Waals surface area contributed by atoms with Gasteiger partial charge in [0.1, 0.15) is 12.4 Å². The lowest BCUT2D eigenvalue weighted by molar-refractivity contribution is 0.180. The second-order valence-electron chi connectivity index (χ2n) is 3.98. The number of aliphatic hydroxyl groups excluding tert-OH is 1. The number of aliphatic hydroxyl groups is 1. The van der Waals surface area contributed by atoms with E-state index in [9.17, 15) is 0 Å². The smallest absolute Gasteiger partial charge is 0.138 e. The van der Waals surface area contributed by atoms with Crippen molar-refractivity contribution in [2.75, 3.05) is 13.2 Å². The number of hydrogen-bond acceptors (Lipinski definition) is 3. The summed E-state index contributed by atoms with van der Waals surface area (Å²) in [6.07, 6.45) is 7.24. The van der Waals surface area contributed by atoms with Gasteiger partial charge in [-0.05, 0) is 24.8 Å². The molecule has 0 saturated heterocycles. The van der Waals surface area contributed by atoms with Gasteiger partial charge < -0.3 is 9.84 Å². The highest BCUT2D eigenvalue weighted by Gasteiger charge is 2.17. The molecule has 16 heavy (non-hydrogen) atoms. The molecular weight excluding hydrogens is 202 g/mol. The molecule has 1 N–H and O–H groups in total. The molecule has 1 aliphatic carbocycles. The summed E-state index contributed by atoms with van der Waals surface area (Å²) in [5.74, 6) is 6.87. The van der Waals surface area contributed by atoms with Gasteiger partial charge in [-0.3, -0.25) is 4.98 Å². The van der Waals surface area contributed by atoms with Crippen molar-refractivity contribution in [2.24, 2.45) is 5.92 Å². The van der Waals surface area contributed by atoms with Gasteiger partial charge in [0.05, 0.1) is 12.8 Å². The van der Waals surface area contributed by atoms with Crippen LogP contribution in [0.1, 0.15) is 24.8 Å². The van der Waals surface area contributed by atoms with Crippen LogP contribution in [0.2, 0.25) is 0 Å². The minimum absolute atomic E-state index is 0.132. The van der Waals surface area contributed by atoms with Crippen molar-refractivity contribution in [3.63, 3.8) is 0 Å². The van der Waals surface area contributed by atoms with E-state index >= 15 is 0 Å². The Kier molecular flexibility index (Phi) is 3.79. The third kappa shape index (κ3) is 2.98. The lowest BCUT2D eigenvalue weighted by atomic mass is 9.86. The third-order valence-electron chi connectivity index (χ3n) is 2.74. The molecule has 1 aromatic heterocycles. The molecule has 3 heteroatoms. The van der Waals surface area contributed by atoms with Crippen molar-refractivity contribution in [3.8, 4) is 17.6 Å². The fourth-order valence-electron chi connectivity index (χ4n) is 1.58. The van der Waals surface area contributed by atoms with Gasteiger partial charge in [-0.15, -0.1) is 0 Å². The number of pyridine rings is 1. The first kappa shape index (κ1) is 11.0. The average molecular weight is 217 g/mol. The molecule has 0 amide bonds. The summed E-state index contributed by atoms with van der Waals surface area (Å²) in [5, 5.41) is 8.59. The first-order valence-corrected chi connectivity index (χ1v) is 5.56. The molecule has 0 radical (unpaired) electrons. The predicted octanol–water partition coefficient (Wildman–Crippen LogP) is 1.60. The molecule has 0 spiro atoms. The molecule has 1 fully saturated rings. The van der Waals surface area contributed by atoms with Crippen molar-refractivity contribution in [3.05, 3.63) is 24.0 Å². The fourth-order valence-corrected chi connectivity index (χ4v) is 1.58. The Balaban J connectivity index is 1.92. The second-order valence-corrected chi connectivity index (χ2v) is 3.98. The van der Waals surface area contributed by atoms with Gasteiger partial charge in [0, 0.05) is 11.8 Å². The molecule has 2 rings (SSSR count). The Morgan fingerprint density at radius 1 is 1.44 bits per heavy atom. The Bertz CT molecular complexity index is 402. The Labute approximate surface area is 95.5 Å². The third-order valence-corrected chi connectivity index (χ3v) is 2.74. The van der Waals surface area contributed by atoms with Gasteiger partial charge in [0.2, 0.25) is 0 Å². The maximum atomic E-state index is 8.59. The Morgan fingerprint density at radius 3 is 3.00 bits per heavy atom. The van der Waals surface area contributed by atoms with E-state index in [2.05, 4.69) is 16.8 Å². The highest BCUT2D eigenvalue weighted by Crippen LogP contribution is 2.26. The molecule has 3 nitrogen and oxygen atoms in total. The molecule has 1 aromatic rings. The minimum atomic E-state index is -0.132. The summed E-state index contributed by atoms with van der Waals surface area (Å²) >= 11 is 0. The Hall–Kier alpha value is -1.53. The van der Waals surface area contributed by atoms with Gasteiger partial charge >= 0.3 is 0 Å². The summed E-state index contributed by atoms with van der Waals surface area (Å²) < 4.78 is 5.64. The molecule has 1 heterocycles. The van der Waals surface area contributed by atoms with E-state index in [0.717, 1.165) is 17.9 Å². The van der Waals surface area contributed by atoms with Crippen LogP contribution in [0, 0.1) is 17.8 Å². The van der Waals surface area contributed by atoms with Crippen LogP contribution in [0.5, 0.6) is 5.75 Å². The number of ether oxygens (including phenoxy) is 1. The number of hydrogen-bond donors (Lipinski definition) is 1. The van der Waals surface area contributed by atoms with E-state index in [-0.39, 0.29) is 6.61 Å². The number of rotatable bonds is 3. The Morgan fingerprint density at radius 2 is 2.31 bits per heavy atom. The minimum Gasteiger partial charge on any atom is -0.492 e. The quantitative estimate of drug-likeness (QED) is 0.782. The molecule has 0 unspecified atom stereocenters. The van der Waals surface area contributed by atoms with Gasteiger partial charge in [-0.2, -0.15) is 0 Å². The standard InChI is InChI=1S/C13H15NO2/c15-6-2-5-12-7-13(9-14-8-12)16-10-11-3-1-4-11/h7-9,11,15H,1,3-4,6,10H2. The molecule has 0 atom stereocenters. The first-order valence-electron chi connectivity index (χ1n) is 5.56. The molecule has 1 saturated carbocycles. The van der Waals surface area contributed by atoms with Crippen molar-refractivity contribution in [1.29, 1.82) is 0 Å². The molecule has 0 aromatic carbocycles. The van der Waals surface area contributed by atoms with Gasteiger partial charge in [0.15, 0.2) is 0 Å². The first-order chi connectivity index (χ1) is 7.88. The van der Waals surface area contributed by atoms with Gasteiger partial charge in [-0.25, -0.2) is 0 Å². The molecule has 0 aliphatic heterocycles. The summed E-state index contributed by atoms with van der Waals surface area (Å²) in [6.45, 7) is 0.645. The zero-order valence-electron chi connectivity index (χ0n) is 9.15. The van der Waals surface area contributed by atoms with Crippen LogP contribution in [0.25, 0.3) is 0 Å². The second kappa shape index (κ2) is 5.53. The van der Waals surface area contributed by atoms with E-state index in [1.807, 2.05) is 6.07 Å². The van der Waals surface area contributed by atoms with Crippen molar-refractivity contribution in [1.82, 2.24) is 4.98 Å². The molecular formula is C13H15NO2. The van der Waals surface area contributed by atoms with Crippen LogP contribution < -0.4 is 4.74 Å². The van der Waals surface area contributed by atoms with Crippen LogP contribution in [0.15, 0.2) is 18.5 Å². The van der Waals surface area contributed by atoms with E-state index in [1.165, 1.54) is 19.3 Å². The van der Waals surface area contributed by atoms with Gasteiger partial charge in [-0.1, -0.05) is 18.3 Å². The average Bonchev–Trinajstić information content (AvgIpc) is 2.25. The van der Waals surface area contributed by atoms with Crippen LogP contribution in [-0.2, 0) is 0 Å². The van der Waals surface area contributed by atoms with Crippen molar-refractivity contribution < 1.29 is 9.84 Å². The SMILES string of the molecule is OCC#Cc1cncc(OCC2CCC2)c1. The van der Waals surface area contributed by atoms with E-state index in [4.69, 9.17) is 9.84 Å². The maximum absolute atomic E-state index is 8.59. The molecule has 1 aliphatic rings. The zero-order chi connectivity index (χ0) is 11.2. The highest BCUT2D eigenvalue weighted by atomic mass is 16.5. The van der Waals surface area contributed by atoms with Crippen LogP contribution in [0.3, 0.4) is 0 Å². The van der Waals surface area contributed by atoms with Crippen LogP contribution in [-0.4, -0.2) is 23.3 Å². The largest absolute Gasteiger partial charge is 0.492 e.